The van der Waals surface area contributed by atoms with E-state index in [1.165, 1.54) is 0 Å². The number of ether oxygens (including phenoxy) is 2. The smallest absolute Gasteiger partial charge is 0.306 e. The number of hydrogen-bond acceptors (Lipinski definition) is 5. The second-order valence-corrected chi connectivity index (χ2v) is 9.69. The van der Waals surface area contributed by atoms with Crippen LogP contribution < -0.4 is 4.74 Å². The SMILES string of the molecule is CCCCN(CC(=O)N(Cc1ccccc1)Cc1cccn1Cc1cccc(OC)c1)C(=O)CCC(=O)OCC. The largest absolute Gasteiger partial charge is 0.497 e. The Kier molecular flexibility index (Phi) is 12.3. The number of esters is 1. The summed E-state index contributed by atoms with van der Waals surface area (Å²) in [4.78, 5) is 42.0. The number of carbonyl (C=O) groups excluding carboxylic acids is 3. The van der Waals surface area contributed by atoms with Crippen LogP contribution in [0.4, 0.5) is 0 Å². The zero-order valence-electron chi connectivity index (χ0n) is 23.9. The van der Waals surface area contributed by atoms with Gasteiger partial charge in [-0.2, -0.15) is 0 Å². The first-order chi connectivity index (χ1) is 19.4. The van der Waals surface area contributed by atoms with Crippen LogP contribution in [0.5, 0.6) is 5.75 Å². The molecule has 40 heavy (non-hydrogen) atoms. The van der Waals surface area contributed by atoms with Gasteiger partial charge in [0.15, 0.2) is 0 Å². The van der Waals surface area contributed by atoms with Crippen LogP contribution in [0.15, 0.2) is 72.9 Å². The van der Waals surface area contributed by atoms with Crippen molar-refractivity contribution in [2.75, 3.05) is 26.8 Å². The molecule has 8 heteroatoms. The van der Waals surface area contributed by atoms with Gasteiger partial charge in [-0.05, 0) is 48.7 Å². The van der Waals surface area contributed by atoms with Gasteiger partial charge in [0.2, 0.25) is 11.8 Å². The van der Waals surface area contributed by atoms with Gasteiger partial charge in [0.25, 0.3) is 0 Å². The zero-order chi connectivity index (χ0) is 28.7. The highest BCUT2D eigenvalue weighted by molar-refractivity contribution is 5.86. The highest BCUT2D eigenvalue weighted by atomic mass is 16.5. The molecule has 0 bridgehead atoms. The Morgan fingerprint density at radius 2 is 1.60 bits per heavy atom. The molecule has 0 aliphatic heterocycles. The summed E-state index contributed by atoms with van der Waals surface area (Å²) in [6, 6.07) is 21.8. The molecule has 0 aliphatic rings. The van der Waals surface area contributed by atoms with E-state index in [0.717, 1.165) is 35.4 Å². The van der Waals surface area contributed by atoms with Crippen molar-refractivity contribution in [3.8, 4) is 5.75 Å². The van der Waals surface area contributed by atoms with Crippen LogP contribution in [-0.4, -0.2) is 59.0 Å². The van der Waals surface area contributed by atoms with Crippen molar-refractivity contribution in [2.24, 2.45) is 0 Å². The number of unbranched alkanes of at least 4 members (excludes halogenated alkanes) is 1. The fourth-order valence-corrected chi connectivity index (χ4v) is 4.45. The maximum absolute atomic E-state index is 13.8. The maximum Gasteiger partial charge on any atom is 0.306 e. The van der Waals surface area contributed by atoms with E-state index < -0.39 is 5.97 Å². The van der Waals surface area contributed by atoms with Crippen molar-refractivity contribution in [1.29, 1.82) is 0 Å². The molecule has 0 unspecified atom stereocenters. The summed E-state index contributed by atoms with van der Waals surface area (Å²) in [5.41, 5.74) is 3.09. The quantitative estimate of drug-likeness (QED) is 0.235. The van der Waals surface area contributed by atoms with Gasteiger partial charge in [0, 0.05) is 37.9 Å². The number of methoxy groups -OCH3 is 1. The van der Waals surface area contributed by atoms with Gasteiger partial charge in [-0.3, -0.25) is 14.4 Å². The minimum absolute atomic E-state index is 0.00893. The molecule has 0 N–H and O–H groups in total. The van der Waals surface area contributed by atoms with Crippen molar-refractivity contribution in [2.45, 2.75) is 59.2 Å². The maximum atomic E-state index is 13.8. The molecule has 0 fully saturated rings. The van der Waals surface area contributed by atoms with E-state index in [-0.39, 0.29) is 37.8 Å². The molecule has 8 nitrogen and oxygen atoms in total. The average Bonchev–Trinajstić information content (AvgIpc) is 3.40. The van der Waals surface area contributed by atoms with E-state index >= 15 is 0 Å². The Hall–Kier alpha value is -4.07. The van der Waals surface area contributed by atoms with Crippen molar-refractivity contribution in [1.82, 2.24) is 14.4 Å². The topological polar surface area (TPSA) is 81.1 Å². The lowest BCUT2D eigenvalue weighted by molar-refractivity contribution is -0.146. The molecule has 0 spiro atoms. The van der Waals surface area contributed by atoms with Crippen molar-refractivity contribution >= 4 is 17.8 Å². The number of rotatable bonds is 16. The van der Waals surface area contributed by atoms with Crippen molar-refractivity contribution in [3.63, 3.8) is 0 Å². The van der Waals surface area contributed by atoms with Crippen molar-refractivity contribution < 1.29 is 23.9 Å². The Balaban J connectivity index is 1.78. The first kappa shape index (κ1) is 30.5. The molecule has 1 aromatic heterocycles. The number of amides is 2. The predicted octanol–water partition coefficient (Wildman–Crippen LogP) is 5.05. The zero-order valence-corrected chi connectivity index (χ0v) is 23.9. The molecule has 3 aromatic rings. The summed E-state index contributed by atoms with van der Waals surface area (Å²) in [5.74, 6) is 0.0430. The molecule has 214 valence electrons. The third-order valence-corrected chi connectivity index (χ3v) is 6.64. The van der Waals surface area contributed by atoms with E-state index in [2.05, 4.69) is 4.57 Å². The normalized spacial score (nSPS) is 10.7. The molecule has 3 rings (SSSR count). The lowest BCUT2D eigenvalue weighted by Gasteiger charge is -2.28. The van der Waals surface area contributed by atoms with E-state index in [9.17, 15) is 14.4 Å². The minimum atomic E-state index is -0.403. The second kappa shape index (κ2) is 16.1. The lowest BCUT2D eigenvalue weighted by Crippen LogP contribution is -2.43. The first-order valence-corrected chi connectivity index (χ1v) is 14.0. The molecule has 2 amide bonds. The van der Waals surface area contributed by atoms with Crippen LogP contribution in [0, 0.1) is 0 Å². The monoisotopic (exact) mass is 547 g/mol. The van der Waals surface area contributed by atoms with Gasteiger partial charge in [-0.1, -0.05) is 55.8 Å². The number of nitrogens with zero attached hydrogens (tertiary/aromatic N) is 3. The molecule has 0 saturated carbocycles. The fraction of sp³-hybridized carbons (Fsp3) is 0.406. The van der Waals surface area contributed by atoms with Crippen LogP contribution in [-0.2, 0) is 38.8 Å². The predicted molar refractivity (Wildman–Crippen MR) is 155 cm³/mol. The van der Waals surface area contributed by atoms with Gasteiger partial charge in [0.05, 0.1) is 33.2 Å². The second-order valence-electron chi connectivity index (χ2n) is 9.69. The minimum Gasteiger partial charge on any atom is -0.497 e. The number of aromatic nitrogens is 1. The molecular formula is C32H41N3O5. The highest BCUT2D eigenvalue weighted by Crippen LogP contribution is 2.17. The summed E-state index contributed by atoms with van der Waals surface area (Å²) >= 11 is 0. The summed E-state index contributed by atoms with van der Waals surface area (Å²) in [6.45, 7) is 5.94. The third-order valence-electron chi connectivity index (χ3n) is 6.64. The number of hydrogen-bond donors (Lipinski definition) is 0. The first-order valence-electron chi connectivity index (χ1n) is 14.0. The number of carbonyl (C=O) groups is 3. The summed E-state index contributed by atoms with van der Waals surface area (Å²) < 4.78 is 12.5. The molecule has 1 heterocycles. The number of benzene rings is 2. The molecular weight excluding hydrogens is 506 g/mol. The van der Waals surface area contributed by atoms with Crippen LogP contribution in [0.2, 0.25) is 0 Å². The van der Waals surface area contributed by atoms with Gasteiger partial charge >= 0.3 is 5.97 Å². The fourth-order valence-electron chi connectivity index (χ4n) is 4.45. The van der Waals surface area contributed by atoms with Crippen molar-refractivity contribution in [3.05, 3.63) is 89.7 Å². The van der Waals surface area contributed by atoms with Gasteiger partial charge < -0.3 is 23.8 Å². The Labute approximate surface area is 237 Å². The van der Waals surface area contributed by atoms with Crippen LogP contribution >= 0.6 is 0 Å². The third kappa shape index (κ3) is 9.59. The highest BCUT2D eigenvalue weighted by Gasteiger charge is 2.23. The average molecular weight is 548 g/mol. The molecule has 0 radical (unpaired) electrons. The van der Waals surface area contributed by atoms with E-state index in [1.54, 1.807) is 23.8 Å². The van der Waals surface area contributed by atoms with E-state index in [4.69, 9.17) is 9.47 Å². The Bertz CT molecular complexity index is 1220. The van der Waals surface area contributed by atoms with Gasteiger partial charge in [0.1, 0.15) is 5.75 Å². The Morgan fingerprint density at radius 3 is 2.33 bits per heavy atom. The lowest BCUT2D eigenvalue weighted by atomic mass is 10.2. The van der Waals surface area contributed by atoms with Gasteiger partial charge in [-0.15, -0.1) is 0 Å². The Morgan fingerprint density at radius 1 is 0.825 bits per heavy atom. The van der Waals surface area contributed by atoms with Crippen LogP contribution in [0.1, 0.15) is 56.4 Å². The van der Waals surface area contributed by atoms with Gasteiger partial charge in [-0.25, -0.2) is 0 Å². The van der Waals surface area contributed by atoms with Crippen LogP contribution in [0.25, 0.3) is 0 Å². The molecule has 0 atom stereocenters. The summed E-state index contributed by atoms with van der Waals surface area (Å²) in [7, 11) is 1.65. The standard InChI is InChI=1S/C32H41N3O5/c1-4-6-19-34(30(36)17-18-32(38)40-5-2)25-31(37)35(22-26-12-8-7-9-13-26)24-28-15-11-20-33(28)23-27-14-10-16-29(21-27)39-3/h7-16,20-21H,4-6,17-19,22-25H2,1-3H3. The molecule has 0 saturated heterocycles. The van der Waals surface area contributed by atoms with E-state index in [1.807, 2.05) is 79.9 Å². The summed E-state index contributed by atoms with van der Waals surface area (Å²) in [6.07, 6.45) is 3.71. The summed E-state index contributed by atoms with van der Waals surface area (Å²) in [5, 5.41) is 0. The van der Waals surface area contributed by atoms with E-state index in [0.29, 0.717) is 26.2 Å². The molecule has 2 aromatic carbocycles. The molecule has 0 aliphatic carbocycles. The van der Waals surface area contributed by atoms with Crippen LogP contribution in [0.3, 0.4) is 0 Å².